The highest BCUT2D eigenvalue weighted by molar-refractivity contribution is 7.91. The lowest BCUT2D eigenvalue weighted by molar-refractivity contribution is -0.122. The van der Waals surface area contributed by atoms with E-state index in [1.807, 2.05) is 0 Å². The first kappa shape index (κ1) is 22.9. The summed E-state index contributed by atoms with van der Waals surface area (Å²) in [5.41, 5.74) is 0.420. The molecule has 1 unspecified atom stereocenters. The molecule has 32 heavy (non-hydrogen) atoms. The minimum absolute atomic E-state index is 0.123. The summed E-state index contributed by atoms with van der Waals surface area (Å²) in [6.45, 7) is 3.07. The Morgan fingerprint density at radius 2 is 1.97 bits per heavy atom. The topological polar surface area (TPSA) is 134 Å². The van der Waals surface area contributed by atoms with Crippen LogP contribution in [0.3, 0.4) is 0 Å². The number of thiophene rings is 1. The van der Waals surface area contributed by atoms with E-state index in [1.165, 1.54) is 16.4 Å². The first-order valence-electron chi connectivity index (χ1n) is 9.83. The fourth-order valence-electron chi connectivity index (χ4n) is 3.31. The van der Waals surface area contributed by atoms with Gasteiger partial charge in [-0.3, -0.25) is 14.5 Å². The molecule has 2 aliphatic heterocycles. The predicted octanol–water partition coefficient (Wildman–Crippen LogP) is 0.512. The second kappa shape index (κ2) is 8.90. The van der Waals surface area contributed by atoms with Gasteiger partial charge in [0, 0.05) is 23.5 Å². The quantitative estimate of drug-likeness (QED) is 0.596. The SMILES string of the molecule is CC(N=C1NS(=O)(=O)c2ccccc21)C(=O)NCc1ccc(S(=O)(=O)N2CCOCC2)s1. The summed E-state index contributed by atoms with van der Waals surface area (Å²) in [5, 5.41) is 2.72. The molecule has 1 aromatic carbocycles. The lowest BCUT2D eigenvalue weighted by atomic mass is 10.2. The molecule has 1 aromatic heterocycles. The van der Waals surface area contributed by atoms with Crippen molar-refractivity contribution in [2.45, 2.75) is 28.6 Å². The van der Waals surface area contributed by atoms with E-state index in [4.69, 9.17) is 4.74 Å². The highest BCUT2D eigenvalue weighted by Crippen LogP contribution is 2.26. The van der Waals surface area contributed by atoms with Crippen LogP contribution in [0.2, 0.25) is 0 Å². The highest BCUT2D eigenvalue weighted by atomic mass is 32.2. The third kappa shape index (κ3) is 4.57. The Morgan fingerprint density at radius 1 is 1.25 bits per heavy atom. The zero-order valence-electron chi connectivity index (χ0n) is 17.1. The second-order valence-electron chi connectivity index (χ2n) is 7.21. The summed E-state index contributed by atoms with van der Waals surface area (Å²) in [5.74, 6) is -0.287. The van der Waals surface area contributed by atoms with E-state index in [1.54, 1.807) is 31.2 Å². The summed E-state index contributed by atoms with van der Waals surface area (Å²) in [4.78, 5) is 17.5. The number of fused-ring (bicyclic) bond motifs is 1. The van der Waals surface area contributed by atoms with Crippen molar-refractivity contribution in [3.05, 3.63) is 46.8 Å². The Bertz CT molecular complexity index is 1260. The van der Waals surface area contributed by atoms with Gasteiger partial charge in [0.2, 0.25) is 5.91 Å². The predicted molar refractivity (Wildman–Crippen MR) is 119 cm³/mol. The maximum absolute atomic E-state index is 12.7. The minimum Gasteiger partial charge on any atom is -0.379 e. The maximum atomic E-state index is 12.7. The van der Waals surface area contributed by atoms with Gasteiger partial charge in [0.05, 0.1) is 24.7 Å². The van der Waals surface area contributed by atoms with Crippen molar-refractivity contribution in [3.63, 3.8) is 0 Å². The molecule has 0 spiro atoms. The highest BCUT2D eigenvalue weighted by Gasteiger charge is 2.31. The normalized spacial score (nSPS) is 20.5. The van der Waals surface area contributed by atoms with Crippen LogP contribution in [0.1, 0.15) is 17.4 Å². The smallest absolute Gasteiger partial charge is 0.263 e. The van der Waals surface area contributed by atoms with Crippen molar-refractivity contribution in [1.29, 1.82) is 0 Å². The van der Waals surface area contributed by atoms with Crippen molar-refractivity contribution >= 4 is 43.1 Å². The summed E-state index contributed by atoms with van der Waals surface area (Å²) >= 11 is 1.10. The molecule has 0 aliphatic carbocycles. The first-order valence-corrected chi connectivity index (χ1v) is 13.6. The van der Waals surface area contributed by atoms with Gasteiger partial charge in [0.25, 0.3) is 20.0 Å². The lowest BCUT2D eigenvalue weighted by Crippen LogP contribution is -2.40. The molecule has 2 aromatic rings. The van der Waals surface area contributed by atoms with E-state index in [2.05, 4.69) is 15.0 Å². The summed E-state index contributed by atoms with van der Waals surface area (Å²) < 4.78 is 59.0. The molecule has 3 heterocycles. The molecule has 4 rings (SSSR count). The van der Waals surface area contributed by atoms with Gasteiger partial charge in [-0.25, -0.2) is 16.8 Å². The molecular weight excluding hydrogens is 476 g/mol. The van der Waals surface area contributed by atoms with Crippen LogP contribution in [-0.2, 0) is 36.1 Å². The molecule has 13 heteroatoms. The molecule has 172 valence electrons. The Morgan fingerprint density at radius 3 is 2.72 bits per heavy atom. The third-order valence-electron chi connectivity index (χ3n) is 5.00. The molecule has 10 nitrogen and oxygen atoms in total. The van der Waals surface area contributed by atoms with Gasteiger partial charge in [-0.05, 0) is 31.2 Å². The lowest BCUT2D eigenvalue weighted by Gasteiger charge is -2.25. The molecule has 1 amide bonds. The number of benzene rings is 1. The van der Waals surface area contributed by atoms with E-state index >= 15 is 0 Å². The van der Waals surface area contributed by atoms with E-state index in [9.17, 15) is 21.6 Å². The number of hydrogen-bond acceptors (Lipinski definition) is 8. The number of nitrogens with zero attached hydrogens (tertiary/aromatic N) is 2. The van der Waals surface area contributed by atoms with Crippen molar-refractivity contribution in [2.75, 3.05) is 26.3 Å². The van der Waals surface area contributed by atoms with E-state index in [-0.39, 0.29) is 21.5 Å². The maximum Gasteiger partial charge on any atom is 0.263 e. The minimum atomic E-state index is -3.68. The number of amidine groups is 1. The largest absolute Gasteiger partial charge is 0.379 e. The number of rotatable bonds is 6. The van der Waals surface area contributed by atoms with Crippen molar-refractivity contribution in [1.82, 2.24) is 14.3 Å². The van der Waals surface area contributed by atoms with Crippen LogP contribution in [0.4, 0.5) is 0 Å². The number of aliphatic imine (C=N–C) groups is 1. The molecule has 2 N–H and O–H groups in total. The van der Waals surface area contributed by atoms with E-state index in [0.717, 1.165) is 11.3 Å². The van der Waals surface area contributed by atoms with Crippen LogP contribution in [0.25, 0.3) is 0 Å². The van der Waals surface area contributed by atoms with Gasteiger partial charge >= 0.3 is 0 Å². The van der Waals surface area contributed by atoms with E-state index in [0.29, 0.717) is 36.7 Å². The fourth-order valence-corrected chi connectivity index (χ4v) is 7.41. The van der Waals surface area contributed by atoms with Crippen LogP contribution in [0.5, 0.6) is 0 Å². The molecule has 1 atom stereocenters. The average Bonchev–Trinajstić information content (AvgIpc) is 3.36. The monoisotopic (exact) mass is 498 g/mol. The van der Waals surface area contributed by atoms with Gasteiger partial charge < -0.3 is 10.1 Å². The number of amides is 1. The average molecular weight is 499 g/mol. The van der Waals surface area contributed by atoms with Gasteiger partial charge in [0.15, 0.2) is 0 Å². The second-order valence-corrected chi connectivity index (χ2v) is 12.2. The fraction of sp³-hybridized carbons (Fsp3) is 0.368. The number of sulfonamides is 2. The summed E-state index contributed by atoms with van der Waals surface area (Å²) in [6, 6.07) is 8.76. The van der Waals surface area contributed by atoms with Gasteiger partial charge in [-0.2, -0.15) is 4.31 Å². The Hall–Kier alpha value is -2.32. The molecule has 0 bridgehead atoms. The van der Waals surface area contributed by atoms with Crippen LogP contribution in [0, 0.1) is 0 Å². The number of carbonyl (C=O) groups excluding carboxylic acids is 1. The molecule has 1 saturated heterocycles. The molecule has 2 aliphatic rings. The molecule has 0 saturated carbocycles. The number of carbonyl (C=O) groups is 1. The molecule has 0 radical (unpaired) electrons. The van der Waals surface area contributed by atoms with Crippen molar-refractivity contribution in [2.24, 2.45) is 4.99 Å². The summed E-state index contributed by atoms with van der Waals surface area (Å²) in [7, 11) is -7.26. The third-order valence-corrected chi connectivity index (χ3v) is 9.85. The van der Waals surface area contributed by atoms with Crippen LogP contribution in [-0.4, -0.2) is 65.2 Å². The number of morpholine rings is 1. The number of nitrogens with one attached hydrogen (secondary N) is 2. The number of ether oxygens (including phenoxy) is 1. The van der Waals surface area contributed by atoms with Gasteiger partial charge in [-0.1, -0.05) is 12.1 Å². The molecular formula is C19H22N4O6S3. The first-order chi connectivity index (χ1) is 15.2. The molecule has 1 fully saturated rings. The van der Waals surface area contributed by atoms with Gasteiger partial charge in [-0.15, -0.1) is 11.3 Å². The van der Waals surface area contributed by atoms with Crippen LogP contribution < -0.4 is 10.0 Å². The van der Waals surface area contributed by atoms with Crippen molar-refractivity contribution < 1.29 is 26.4 Å². The standard InChI is InChI=1S/C19H22N4O6S3/c1-13(21-18-15-4-2-3-5-16(15)31(25,26)22-18)19(24)20-12-14-6-7-17(30-14)32(27,28)23-8-10-29-11-9-23/h2-7,13H,8-12H2,1H3,(H,20,24)(H,21,22). The summed E-state index contributed by atoms with van der Waals surface area (Å²) in [6.07, 6.45) is 0. The number of hydrogen-bond donors (Lipinski definition) is 2. The van der Waals surface area contributed by atoms with Gasteiger partial charge in [0.1, 0.15) is 16.1 Å². The Balaban J connectivity index is 1.40. The Kier molecular flexibility index (Phi) is 6.36. The van der Waals surface area contributed by atoms with E-state index < -0.39 is 32.0 Å². The van der Waals surface area contributed by atoms with Crippen molar-refractivity contribution in [3.8, 4) is 0 Å². The zero-order chi connectivity index (χ0) is 22.9. The van der Waals surface area contributed by atoms with Crippen LogP contribution in [0.15, 0.2) is 50.5 Å². The Labute approximate surface area is 190 Å². The van der Waals surface area contributed by atoms with Crippen LogP contribution >= 0.6 is 11.3 Å². The zero-order valence-corrected chi connectivity index (χ0v) is 19.6.